The van der Waals surface area contributed by atoms with Gasteiger partial charge in [-0.2, -0.15) is 0 Å². The standard InChI is InChI=1S/C16H33NO7Si/c1-6-8-10-23-15(18)12-14(16(19)24-11-9-7-2)17-13-25(20-3,21-4)22-5/h14,17H,6-13H2,1-5H3. The minimum atomic E-state index is -2.92. The lowest BCUT2D eigenvalue weighted by molar-refractivity contribution is -0.153. The Hall–Kier alpha value is -1.00. The van der Waals surface area contributed by atoms with Gasteiger partial charge in [0.15, 0.2) is 0 Å². The number of rotatable bonds is 15. The first-order valence-corrected chi connectivity index (χ1v) is 10.6. The third-order valence-corrected chi connectivity index (χ3v) is 6.16. The maximum absolute atomic E-state index is 12.3. The average molecular weight is 380 g/mol. The SMILES string of the molecule is CCCCOC(=O)CC(NC[Si](OC)(OC)OC)C(=O)OCCCC. The second kappa shape index (κ2) is 14.2. The zero-order valence-electron chi connectivity index (χ0n) is 16.1. The molecule has 25 heavy (non-hydrogen) atoms. The first kappa shape index (κ1) is 24.0. The molecule has 0 radical (unpaired) electrons. The Bertz CT molecular complexity index is 369. The van der Waals surface area contributed by atoms with Crippen LogP contribution in [0.15, 0.2) is 0 Å². The van der Waals surface area contributed by atoms with Crippen LogP contribution in [-0.2, 0) is 32.3 Å². The Labute approximate surface area is 151 Å². The van der Waals surface area contributed by atoms with Gasteiger partial charge in [0.2, 0.25) is 0 Å². The topological polar surface area (TPSA) is 92.3 Å². The first-order valence-electron chi connectivity index (χ1n) is 8.69. The highest BCUT2D eigenvalue weighted by atomic mass is 28.4. The molecule has 1 N–H and O–H groups in total. The van der Waals surface area contributed by atoms with Gasteiger partial charge in [-0.05, 0) is 12.8 Å². The lowest BCUT2D eigenvalue weighted by Gasteiger charge is -2.26. The summed E-state index contributed by atoms with van der Waals surface area (Å²) in [6.07, 6.45) is 3.46. The fraction of sp³-hybridized carbons (Fsp3) is 0.875. The Balaban J connectivity index is 4.76. The molecule has 0 heterocycles. The number of carbonyl (C=O) groups excluding carboxylic acids is 2. The minimum Gasteiger partial charge on any atom is -0.466 e. The molecule has 1 unspecified atom stereocenters. The Morgan fingerprint density at radius 3 is 1.92 bits per heavy atom. The summed E-state index contributed by atoms with van der Waals surface area (Å²) in [5.74, 6) is -0.940. The van der Waals surface area contributed by atoms with Crippen LogP contribution >= 0.6 is 0 Å². The van der Waals surface area contributed by atoms with Crippen molar-refractivity contribution in [2.24, 2.45) is 0 Å². The van der Waals surface area contributed by atoms with Gasteiger partial charge in [-0.1, -0.05) is 26.7 Å². The molecule has 0 rings (SSSR count). The van der Waals surface area contributed by atoms with Crippen molar-refractivity contribution in [1.82, 2.24) is 5.32 Å². The summed E-state index contributed by atoms with van der Waals surface area (Å²) >= 11 is 0. The van der Waals surface area contributed by atoms with E-state index in [9.17, 15) is 9.59 Å². The van der Waals surface area contributed by atoms with E-state index in [1.165, 1.54) is 21.3 Å². The van der Waals surface area contributed by atoms with Crippen LogP contribution in [0.25, 0.3) is 0 Å². The molecule has 0 spiro atoms. The van der Waals surface area contributed by atoms with Crippen LogP contribution < -0.4 is 5.32 Å². The second-order valence-corrected chi connectivity index (χ2v) is 8.47. The molecule has 9 heteroatoms. The summed E-state index contributed by atoms with van der Waals surface area (Å²) in [4.78, 5) is 24.2. The summed E-state index contributed by atoms with van der Waals surface area (Å²) in [7, 11) is 1.52. The number of unbranched alkanes of at least 4 members (excludes halogenated alkanes) is 2. The molecule has 1 atom stereocenters. The largest absolute Gasteiger partial charge is 0.514 e. The van der Waals surface area contributed by atoms with E-state index < -0.39 is 26.8 Å². The highest BCUT2D eigenvalue weighted by Crippen LogP contribution is 2.07. The van der Waals surface area contributed by atoms with Gasteiger partial charge < -0.3 is 22.8 Å². The maximum Gasteiger partial charge on any atom is 0.514 e. The van der Waals surface area contributed by atoms with Gasteiger partial charge >= 0.3 is 20.7 Å². The van der Waals surface area contributed by atoms with Crippen LogP contribution in [0.5, 0.6) is 0 Å². The Morgan fingerprint density at radius 1 is 0.920 bits per heavy atom. The number of nitrogens with one attached hydrogen (secondary N) is 1. The molecule has 0 fully saturated rings. The minimum absolute atomic E-state index is 0.115. The lowest BCUT2D eigenvalue weighted by Crippen LogP contribution is -2.56. The molecule has 8 nitrogen and oxygen atoms in total. The third kappa shape index (κ3) is 9.90. The van der Waals surface area contributed by atoms with E-state index >= 15 is 0 Å². The van der Waals surface area contributed by atoms with E-state index in [0.717, 1.165) is 25.7 Å². The third-order valence-electron chi connectivity index (χ3n) is 3.66. The Kier molecular flexibility index (Phi) is 13.6. The van der Waals surface area contributed by atoms with Crippen LogP contribution in [0.2, 0.25) is 0 Å². The quantitative estimate of drug-likeness (QED) is 0.260. The van der Waals surface area contributed by atoms with E-state index in [0.29, 0.717) is 13.2 Å². The molecule has 0 bridgehead atoms. The van der Waals surface area contributed by atoms with Gasteiger partial charge in [-0.25, -0.2) is 0 Å². The number of ether oxygens (including phenoxy) is 2. The van der Waals surface area contributed by atoms with E-state index in [4.69, 9.17) is 22.8 Å². The summed E-state index contributed by atoms with van der Waals surface area (Å²) < 4.78 is 26.3. The van der Waals surface area contributed by atoms with Crippen molar-refractivity contribution in [1.29, 1.82) is 0 Å². The molecular weight excluding hydrogens is 346 g/mol. The summed E-state index contributed by atoms with van der Waals surface area (Å²) in [5, 5.41) is 2.97. The highest BCUT2D eigenvalue weighted by Gasteiger charge is 2.39. The number of hydrogen-bond donors (Lipinski definition) is 1. The lowest BCUT2D eigenvalue weighted by atomic mass is 10.2. The molecule has 0 aromatic carbocycles. The van der Waals surface area contributed by atoms with Crippen molar-refractivity contribution in [2.45, 2.75) is 52.0 Å². The monoisotopic (exact) mass is 379 g/mol. The van der Waals surface area contributed by atoms with E-state index in [1.54, 1.807) is 0 Å². The normalized spacial score (nSPS) is 12.7. The number of hydrogen-bond acceptors (Lipinski definition) is 8. The van der Waals surface area contributed by atoms with Gasteiger partial charge in [0.1, 0.15) is 6.04 Å². The molecule has 0 aliphatic heterocycles. The molecule has 0 amide bonds. The van der Waals surface area contributed by atoms with Crippen molar-refractivity contribution in [3.63, 3.8) is 0 Å². The fourth-order valence-corrected chi connectivity index (χ4v) is 3.36. The zero-order chi connectivity index (χ0) is 19.1. The summed E-state index contributed by atoms with van der Waals surface area (Å²) in [6, 6.07) is -0.835. The second-order valence-electron chi connectivity index (χ2n) is 5.53. The Morgan fingerprint density at radius 2 is 1.44 bits per heavy atom. The van der Waals surface area contributed by atoms with Crippen molar-refractivity contribution < 1.29 is 32.3 Å². The molecule has 0 aliphatic carbocycles. The molecule has 0 saturated heterocycles. The van der Waals surface area contributed by atoms with Gasteiger partial charge in [0.25, 0.3) is 0 Å². The molecule has 0 aromatic heterocycles. The predicted octanol–water partition coefficient (Wildman–Crippen LogP) is 1.44. The van der Waals surface area contributed by atoms with E-state index in [2.05, 4.69) is 5.32 Å². The van der Waals surface area contributed by atoms with Crippen molar-refractivity contribution in [3.8, 4) is 0 Å². The zero-order valence-corrected chi connectivity index (χ0v) is 17.1. The van der Waals surface area contributed by atoms with Crippen LogP contribution in [0.3, 0.4) is 0 Å². The average Bonchev–Trinajstić information content (AvgIpc) is 2.62. The number of esters is 2. The smallest absolute Gasteiger partial charge is 0.466 e. The number of carbonyl (C=O) groups is 2. The van der Waals surface area contributed by atoms with Crippen LogP contribution in [-0.4, -0.2) is 67.5 Å². The van der Waals surface area contributed by atoms with Crippen LogP contribution in [0, 0.1) is 0 Å². The van der Waals surface area contributed by atoms with Gasteiger partial charge in [0, 0.05) is 21.3 Å². The van der Waals surface area contributed by atoms with Crippen molar-refractivity contribution in [3.05, 3.63) is 0 Å². The molecule has 0 aromatic rings. The van der Waals surface area contributed by atoms with Gasteiger partial charge in [-0.3, -0.25) is 14.9 Å². The van der Waals surface area contributed by atoms with Crippen molar-refractivity contribution >= 4 is 20.7 Å². The maximum atomic E-state index is 12.3. The molecule has 0 aliphatic rings. The van der Waals surface area contributed by atoms with Crippen molar-refractivity contribution in [2.75, 3.05) is 40.7 Å². The summed E-state index contributed by atoms with van der Waals surface area (Å²) in [5.41, 5.74) is 0. The van der Waals surface area contributed by atoms with E-state index in [1.807, 2.05) is 13.8 Å². The van der Waals surface area contributed by atoms with Crippen LogP contribution in [0.4, 0.5) is 0 Å². The van der Waals surface area contributed by atoms with Gasteiger partial charge in [0.05, 0.1) is 25.8 Å². The fourth-order valence-electron chi connectivity index (χ4n) is 1.93. The molecule has 0 saturated carbocycles. The van der Waals surface area contributed by atoms with E-state index in [-0.39, 0.29) is 12.6 Å². The molecule has 148 valence electrons. The molecular formula is C16H33NO7Si. The predicted molar refractivity (Wildman–Crippen MR) is 94.9 cm³/mol. The van der Waals surface area contributed by atoms with Crippen LogP contribution in [0.1, 0.15) is 46.0 Å². The highest BCUT2D eigenvalue weighted by molar-refractivity contribution is 6.60. The van der Waals surface area contributed by atoms with Gasteiger partial charge in [-0.15, -0.1) is 0 Å². The summed E-state index contributed by atoms with van der Waals surface area (Å²) in [6.45, 7) is 4.68. The first-order chi connectivity index (χ1) is 12.0.